The molecule has 430 valence electrons. The summed E-state index contributed by atoms with van der Waals surface area (Å²) >= 11 is 0. The van der Waals surface area contributed by atoms with E-state index in [1.165, 1.54) is 55.5 Å². The van der Waals surface area contributed by atoms with Crippen LogP contribution in [0.4, 0.5) is 16.2 Å². The molecule has 2 heterocycles. The monoisotopic (exact) mass is 1090 g/mol. The van der Waals surface area contributed by atoms with Crippen LogP contribution in [0.1, 0.15) is 164 Å². The number of allylic oxidation sites excluding steroid dienone is 6. The smallest absolute Gasteiger partial charge is 0.407 e. The lowest BCUT2D eigenvalue weighted by Gasteiger charge is -2.27. The molecule has 80 heavy (non-hydrogen) atoms. The number of benzene rings is 4. The van der Waals surface area contributed by atoms with Crippen LogP contribution in [0.2, 0.25) is 0 Å². The largest absolute Gasteiger partial charge is 0.481 e. The summed E-state index contributed by atoms with van der Waals surface area (Å²) in [6.45, 7) is 21.8. The number of carbonyl (C=O) groups excluding carboxylic acids is 4. The van der Waals surface area contributed by atoms with Crippen molar-refractivity contribution in [3.63, 3.8) is 0 Å². The molecule has 0 saturated heterocycles. The second-order valence-corrected chi connectivity index (χ2v) is 24.4. The van der Waals surface area contributed by atoms with Crippen molar-refractivity contribution in [3.05, 3.63) is 120 Å². The number of aliphatic carboxylic acids is 1. The van der Waals surface area contributed by atoms with E-state index in [0.29, 0.717) is 70.3 Å². The number of carbonyl (C=O) groups is 5. The summed E-state index contributed by atoms with van der Waals surface area (Å²) in [4.78, 5) is 73.5. The number of amidine groups is 1. The lowest BCUT2D eigenvalue weighted by atomic mass is 9.79. The van der Waals surface area contributed by atoms with E-state index in [1.54, 1.807) is 20.8 Å². The minimum atomic E-state index is -1.05. The van der Waals surface area contributed by atoms with E-state index in [-0.39, 0.29) is 47.6 Å². The quantitative estimate of drug-likeness (QED) is 0.0135. The Labute approximate surface area is 476 Å². The van der Waals surface area contributed by atoms with E-state index < -0.39 is 41.4 Å². The Kier molecular flexibility index (Phi) is 21.8. The number of alkyl carbamates (subject to hydrolysis) is 1. The van der Waals surface area contributed by atoms with Crippen molar-refractivity contribution in [1.82, 2.24) is 10.6 Å². The van der Waals surface area contributed by atoms with Crippen molar-refractivity contribution in [3.8, 4) is 0 Å². The van der Waals surface area contributed by atoms with Crippen molar-refractivity contribution < 1.29 is 38.4 Å². The second-order valence-electron chi connectivity index (χ2n) is 24.4. The van der Waals surface area contributed by atoms with Crippen molar-refractivity contribution in [2.45, 2.75) is 175 Å². The van der Waals surface area contributed by atoms with E-state index in [4.69, 9.17) is 10.5 Å². The SMILES string of the molecule is CCC(N)=NCCC[C@H](NC(=O)[C@H](CCCCNC(=O)OC(C)(C)C)CC(=O)CCCCCN1C(=CC=CC=CC2=[N+](C)c3ccc4ccccc4c3C2(C)C)C(C)(C)c2c1ccc1ccccc21)C(=O)C[C@@H](CC(C)C)C(=O)O. The van der Waals surface area contributed by atoms with Gasteiger partial charge in [0, 0.05) is 85.7 Å². The molecule has 13 heteroatoms. The highest BCUT2D eigenvalue weighted by Gasteiger charge is 2.44. The van der Waals surface area contributed by atoms with E-state index >= 15 is 0 Å². The van der Waals surface area contributed by atoms with Gasteiger partial charge < -0.3 is 31.1 Å². The molecule has 13 nitrogen and oxygen atoms in total. The fourth-order valence-electron chi connectivity index (χ4n) is 11.8. The molecule has 0 radical (unpaired) electrons. The number of nitrogens with one attached hydrogen (secondary N) is 2. The maximum Gasteiger partial charge on any atom is 0.407 e. The highest BCUT2D eigenvalue weighted by Crippen LogP contribution is 2.51. The van der Waals surface area contributed by atoms with E-state index in [0.717, 1.165) is 19.4 Å². The van der Waals surface area contributed by atoms with Crippen LogP contribution in [-0.4, -0.2) is 89.1 Å². The van der Waals surface area contributed by atoms with E-state index in [2.05, 4.69) is 163 Å². The van der Waals surface area contributed by atoms with Gasteiger partial charge >= 0.3 is 12.1 Å². The number of Topliss-reactive ketones (excluding diaryl/α,β-unsaturated/α-hetero) is 2. The second kappa shape index (κ2) is 28.0. The highest BCUT2D eigenvalue weighted by molar-refractivity contribution is 6.07. The van der Waals surface area contributed by atoms with Crippen molar-refractivity contribution in [2.24, 2.45) is 28.5 Å². The van der Waals surface area contributed by atoms with Crippen LogP contribution in [0.3, 0.4) is 0 Å². The van der Waals surface area contributed by atoms with E-state index in [1.807, 2.05) is 20.8 Å². The first-order chi connectivity index (χ1) is 37.9. The standard InChI is InChI=1S/C67H90N6O7/c1-12-59(68)69-40-25-32-53(56(75)44-49(63(77)78)42-45(2)3)71-62(76)48(28-22-23-39-70-64(79)80-65(4,5)6)43-50(74)29-15-14-24-41-73-55-38-36-47-27-19-21-31-52(47)61(55)67(9,10)58(73)34-17-13-16-33-57-66(7,8)60-51-30-20-18-26-46(51)35-37-54(60)72(57)11/h13,16-21,26-27,30-31,33-38,45,48-49,53H,12,14-15,22-25,28-29,32,39-44H2,1-11H3,(H4-,68,69,70,71,76,77,78,79)/p+1/t48-,49-,53+/m1/s1. The Bertz CT molecular complexity index is 3030. The molecule has 6 rings (SSSR count). The average Bonchev–Trinajstić information content (AvgIpc) is 3.77. The number of hydrogen-bond acceptors (Lipinski definition) is 8. The normalized spacial score (nSPS) is 16.7. The molecule has 0 bridgehead atoms. The number of nitrogens with zero attached hydrogens (tertiary/aromatic N) is 3. The summed E-state index contributed by atoms with van der Waals surface area (Å²) in [7, 11) is 2.15. The molecule has 4 aromatic carbocycles. The van der Waals surface area contributed by atoms with Crippen LogP contribution in [0.15, 0.2) is 114 Å². The zero-order valence-electron chi connectivity index (χ0n) is 49.8. The van der Waals surface area contributed by atoms with Crippen molar-refractivity contribution >= 4 is 74.0 Å². The molecule has 0 unspecified atom stereocenters. The topological polar surface area (TPSA) is 183 Å². The molecule has 3 atom stereocenters. The molecule has 0 fully saturated rings. The molecule has 2 amide bonds. The number of rotatable bonds is 29. The fraction of sp³-hybridized carbons (Fsp3) is 0.507. The fourth-order valence-corrected chi connectivity index (χ4v) is 11.8. The summed E-state index contributed by atoms with van der Waals surface area (Å²) in [5, 5.41) is 20.7. The van der Waals surface area contributed by atoms with Crippen LogP contribution in [0, 0.1) is 17.8 Å². The maximum absolute atomic E-state index is 14.3. The molecule has 5 N–H and O–H groups in total. The summed E-state index contributed by atoms with van der Waals surface area (Å²) in [6.07, 6.45) is 15.8. The first-order valence-corrected chi connectivity index (χ1v) is 29.3. The number of hydrogen-bond donors (Lipinski definition) is 4. The van der Waals surface area contributed by atoms with Crippen LogP contribution >= 0.6 is 0 Å². The van der Waals surface area contributed by atoms with Crippen LogP contribution in [0.25, 0.3) is 21.5 Å². The Hall–Kier alpha value is -6.89. The number of carboxylic acid groups (broad SMARTS) is 1. The molecule has 2 aliphatic rings. The van der Waals surface area contributed by atoms with Gasteiger partial charge in [-0.2, -0.15) is 4.58 Å². The Morgan fingerprint density at radius 2 is 1.46 bits per heavy atom. The van der Waals surface area contributed by atoms with Gasteiger partial charge in [-0.05, 0) is 131 Å². The molecule has 0 aromatic heterocycles. The molecule has 0 saturated carbocycles. The number of amides is 2. The summed E-state index contributed by atoms with van der Waals surface area (Å²) in [5.74, 6) is -2.92. The Morgan fingerprint density at radius 3 is 2.12 bits per heavy atom. The average molecular weight is 1090 g/mol. The number of fused-ring (bicyclic) bond motifs is 6. The Balaban J connectivity index is 1.14. The van der Waals surface area contributed by atoms with Gasteiger partial charge in [-0.1, -0.05) is 120 Å². The minimum absolute atomic E-state index is 0.0000235. The minimum Gasteiger partial charge on any atom is -0.481 e. The first kappa shape index (κ1) is 62.3. The van der Waals surface area contributed by atoms with Crippen LogP contribution in [-0.2, 0) is 34.7 Å². The predicted octanol–water partition coefficient (Wildman–Crippen LogP) is 13.4. The molecule has 0 spiro atoms. The first-order valence-electron chi connectivity index (χ1n) is 29.3. The van der Waals surface area contributed by atoms with Gasteiger partial charge in [0.25, 0.3) is 0 Å². The summed E-state index contributed by atoms with van der Waals surface area (Å²) < 4.78 is 7.70. The van der Waals surface area contributed by atoms with Gasteiger partial charge in [-0.25, -0.2) is 4.79 Å². The van der Waals surface area contributed by atoms with Crippen molar-refractivity contribution in [2.75, 3.05) is 31.6 Å². The summed E-state index contributed by atoms with van der Waals surface area (Å²) in [6, 6.07) is 25.1. The van der Waals surface area contributed by atoms with Gasteiger partial charge in [-0.3, -0.25) is 24.2 Å². The number of ketones is 2. The third-order valence-electron chi connectivity index (χ3n) is 15.8. The summed E-state index contributed by atoms with van der Waals surface area (Å²) in [5.41, 5.74) is 12.4. The number of aliphatic imine (C=N–C) groups is 1. The molecule has 0 aliphatic carbocycles. The van der Waals surface area contributed by atoms with Crippen molar-refractivity contribution in [1.29, 1.82) is 0 Å². The zero-order valence-corrected chi connectivity index (χ0v) is 49.8. The van der Waals surface area contributed by atoms with Gasteiger partial charge in [0.2, 0.25) is 11.6 Å². The Morgan fingerprint density at radius 1 is 0.787 bits per heavy atom. The third kappa shape index (κ3) is 16.2. The molecule has 2 aliphatic heterocycles. The third-order valence-corrected chi connectivity index (χ3v) is 15.8. The lowest BCUT2D eigenvalue weighted by Crippen LogP contribution is -2.45. The molecule has 4 aromatic rings. The van der Waals surface area contributed by atoms with Gasteiger partial charge in [0.05, 0.1) is 23.2 Å². The molecular formula is C67H91N6O7+. The number of anilines is 1. The number of ether oxygens (including phenoxy) is 1. The van der Waals surface area contributed by atoms with E-state index in [9.17, 15) is 29.1 Å². The van der Waals surface area contributed by atoms with Gasteiger partial charge in [0.1, 0.15) is 18.4 Å². The van der Waals surface area contributed by atoms with Crippen LogP contribution < -0.4 is 21.3 Å². The highest BCUT2D eigenvalue weighted by atomic mass is 16.6. The molecular weight excluding hydrogens is 1000 g/mol. The van der Waals surface area contributed by atoms with Gasteiger partial charge in [-0.15, -0.1) is 0 Å². The van der Waals surface area contributed by atoms with Gasteiger partial charge in [0.15, 0.2) is 11.5 Å². The predicted molar refractivity (Wildman–Crippen MR) is 326 cm³/mol. The lowest BCUT2D eigenvalue weighted by molar-refractivity contribution is -0.401. The number of carboxylic acids is 1. The maximum atomic E-state index is 14.3. The number of unbranched alkanes of at least 4 members (excludes halogenated alkanes) is 3. The van der Waals surface area contributed by atoms with Crippen LogP contribution in [0.5, 0.6) is 0 Å². The number of nitrogens with two attached hydrogens (primary N) is 1. The zero-order chi connectivity index (χ0) is 58.4.